The highest BCUT2D eigenvalue weighted by molar-refractivity contribution is 5.89. The first kappa shape index (κ1) is 15.6. The average molecular weight is 302 g/mol. The Morgan fingerprint density at radius 2 is 1.90 bits per heavy atom. The molecule has 2 atom stereocenters. The van der Waals surface area contributed by atoms with E-state index in [0.29, 0.717) is 6.54 Å². The molecule has 0 radical (unpaired) electrons. The molecule has 1 saturated carbocycles. The molecule has 116 valence electrons. The van der Waals surface area contributed by atoms with Gasteiger partial charge in [-0.05, 0) is 37.1 Å². The molecule has 2 rings (SSSR count). The normalized spacial score (nSPS) is 22.1. The van der Waals surface area contributed by atoms with E-state index in [4.69, 9.17) is 0 Å². The van der Waals surface area contributed by atoms with Crippen LogP contribution in [-0.2, 0) is 6.18 Å². The number of alkyl halides is 3. The Morgan fingerprint density at radius 1 is 1.24 bits per heavy atom. The predicted molar refractivity (Wildman–Crippen MR) is 71.8 cm³/mol. The van der Waals surface area contributed by atoms with Gasteiger partial charge in [0.15, 0.2) is 0 Å². The molecule has 0 bridgehead atoms. The van der Waals surface area contributed by atoms with Gasteiger partial charge in [-0.2, -0.15) is 13.2 Å². The molecule has 4 nitrogen and oxygen atoms in total. The van der Waals surface area contributed by atoms with Crippen molar-refractivity contribution in [1.82, 2.24) is 5.32 Å². The molecule has 1 fully saturated rings. The van der Waals surface area contributed by atoms with E-state index in [9.17, 15) is 23.1 Å². The van der Waals surface area contributed by atoms with Crippen LogP contribution in [-0.4, -0.2) is 23.8 Å². The summed E-state index contributed by atoms with van der Waals surface area (Å²) in [5.74, 6) is 0.0448. The van der Waals surface area contributed by atoms with Crippen LogP contribution in [0, 0.1) is 5.92 Å². The standard InChI is InChI=1S/C14H17F3N2O2/c15-14(16,17)10-4-6-11(7-5-10)19-13(21)18-8-9-2-1-3-12(9)20/h4-7,9,12,20H,1-3,8H2,(H2,18,19,21). The number of benzene rings is 1. The number of aliphatic hydroxyl groups excluding tert-OH is 1. The third-order valence-electron chi connectivity index (χ3n) is 3.61. The number of anilines is 1. The van der Waals surface area contributed by atoms with E-state index in [1.54, 1.807) is 0 Å². The second kappa shape index (κ2) is 6.34. The summed E-state index contributed by atoms with van der Waals surface area (Å²) in [7, 11) is 0. The molecule has 0 saturated heterocycles. The third-order valence-corrected chi connectivity index (χ3v) is 3.61. The van der Waals surface area contributed by atoms with E-state index < -0.39 is 23.9 Å². The zero-order valence-electron chi connectivity index (χ0n) is 11.3. The van der Waals surface area contributed by atoms with Gasteiger partial charge in [-0.1, -0.05) is 6.42 Å². The van der Waals surface area contributed by atoms with Crippen LogP contribution in [0.15, 0.2) is 24.3 Å². The van der Waals surface area contributed by atoms with Gasteiger partial charge in [0.2, 0.25) is 0 Å². The Labute approximate surface area is 120 Å². The molecular weight excluding hydrogens is 285 g/mol. The van der Waals surface area contributed by atoms with Crippen LogP contribution in [0.1, 0.15) is 24.8 Å². The van der Waals surface area contributed by atoms with E-state index in [1.807, 2.05) is 0 Å². The second-order valence-electron chi connectivity index (χ2n) is 5.17. The number of urea groups is 1. The van der Waals surface area contributed by atoms with E-state index in [2.05, 4.69) is 10.6 Å². The van der Waals surface area contributed by atoms with Gasteiger partial charge in [0.1, 0.15) is 0 Å². The summed E-state index contributed by atoms with van der Waals surface area (Å²) in [5, 5.41) is 14.7. The molecule has 0 spiro atoms. The number of hydrogen-bond acceptors (Lipinski definition) is 2. The summed E-state index contributed by atoms with van der Waals surface area (Å²) in [5.41, 5.74) is -0.477. The van der Waals surface area contributed by atoms with Crippen LogP contribution >= 0.6 is 0 Å². The van der Waals surface area contributed by atoms with Crippen LogP contribution < -0.4 is 10.6 Å². The van der Waals surface area contributed by atoms with Crippen molar-refractivity contribution in [2.24, 2.45) is 5.92 Å². The van der Waals surface area contributed by atoms with Crippen LogP contribution in [0.4, 0.5) is 23.7 Å². The molecule has 0 heterocycles. The van der Waals surface area contributed by atoms with Crippen molar-refractivity contribution in [2.45, 2.75) is 31.5 Å². The Balaban J connectivity index is 1.82. The first-order chi connectivity index (χ1) is 9.86. The maximum absolute atomic E-state index is 12.4. The van der Waals surface area contributed by atoms with Gasteiger partial charge in [-0.3, -0.25) is 0 Å². The van der Waals surface area contributed by atoms with E-state index in [0.717, 1.165) is 31.4 Å². The Hall–Kier alpha value is -1.76. The summed E-state index contributed by atoms with van der Waals surface area (Å²) in [6, 6.07) is 3.74. The lowest BCUT2D eigenvalue weighted by atomic mass is 10.1. The summed E-state index contributed by atoms with van der Waals surface area (Å²) in [6.07, 6.45) is -2.24. The van der Waals surface area contributed by atoms with Gasteiger partial charge < -0.3 is 15.7 Å². The van der Waals surface area contributed by atoms with Crippen LogP contribution in [0.2, 0.25) is 0 Å². The lowest BCUT2D eigenvalue weighted by Gasteiger charge is -2.15. The number of aliphatic hydroxyl groups is 1. The van der Waals surface area contributed by atoms with Gasteiger partial charge in [0.25, 0.3) is 0 Å². The molecule has 2 unspecified atom stereocenters. The van der Waals surface area contributed by atoms with Gasteiger partial charge in [-0.15, -0.1) is 0 Å². The van der Waals surface area contributed by atoms with E-state index >= 15 is 0 Å². The SMILES string of the molecule is O=C(NCC1CCCC1O)Nc1ccc(C(F)(F)F)cc1. The number of hydrogen-bond donors (Lipinski definition) is 3. The highest BCUT2D eigenvalue weighted by Gasteiger charge is 2.30. The molecule has 1 aliphatic rings. The molecule has 1 aliphatic carbocycles. The molecule has 1 aromatic rings. The highest BCUT2D eigenvalue weighted by Crippen LogP contribution is 2.29. The zero-order chi connectivity index (χ0) is 15.5. The Morgan fingerprint density at radius 3 is 2.43 bits per heavy atom. The van der Waals surface area contributed by atoms with Crippen LogP contribution in [0.25, 0.3) is 0 Å². The van der Waals surface area contributed by atoms with Crippen molar-refractivity contribution in [1.29, 1.82) is 0 Å². The van der Waals surface area contributed by atoms with Crippen molar-refractivity contribution < 1.29 is 23.1 Å². The third kappa shape index (κ3) is 4.35. The smallest absolute Gasteiger partial charge is 0.393 e. The van der Waals surface area contributed by atoms with Crippen molar-refractivity contribution in [3.63, 3.8) is 0 Å². The molecule has 0 aromatic heterocycles. The fourth-order valence-corrected chi connectivity index (χ4v) is 2.40. The number of carbonyl (C=O) groups excluding carboxylic acids is 1. The maximum Gasteiger partial charge on any atom is 0.416 e. The molecule has 7 heteroatoms. The van der Waals surface area contributed by atoms with Crippen LogP contribution in [0.3, 0.4) is 0 Å². The van der Waals surface area contributed by atoms with E-state index in [1.165, 1.54) is 12.1 Å². The summed E-state index contributed by atoms with van der Waals surface area (Å²) in [6.45, 7) is 0.355. The summed E-state index contributed by atoms with van der Waals surface area (Å²) < 4.78 is 37.2. The predicted octanol–water partition coefficient (Wildman–Crippen LogP) is 2.99. The monoisotopic (exact) mass is 302 g/mol. The molecular formula is C14H17F3N2O2. The number of rotatable bonds is 3. The average Bonchev–Trinajstić information content (AvgIpc) is 2.81. The largest absolute Gasteiger partial charge is 0.416 e. The van der Waals surface area contributed by atoms with Crippen molar-refractivity contribution in [3.8, 4) is 0 Å². The lowest BCUT2D eigenvalue weighted by molar-refractivity contribution is -0.137. The van der Waals surface area contributed by atoms with Crippen LogP contribution in [0.5, 0.6) is 0 Å². The minimum atomic E-state index is -4.39. The maximum atomic E-state index is 12.4. The summed E-state index contributed by atoms with van der Waals surface area (Å²) in [4.78, 5) is 11.6. The first-order valence-corrected chi connectivity index (χ1v) is 6.76. The topological polar surface area (TPSA) is 61.4 Å². The van der Waals surface area contributed by atoms with E-state index in [-0.39, 0.29) is 11.6 Å². The van der Waals surface area contributed by atoms with Crippen molar-refractivity contribution >= 4 is 11.7 Å². The minimum Gasteiger partial charge on any atom is -0.393 e. The minimum absolute atomic E-state index is 0.0448. The molecule has 3 N–H and O–H groups in total. The first-order valence-electron chi connectivity index (χ1n) is 6.76. The van der Waals surface area contributed by atoms with Crippen molar-refractivity contribution in [3.05, 3.63) is 29.8 Å². The number of nitrogens with one attached hydrogen (secondary N) is 2. The van der Waals surface area contributed by atoms with Crippen molar-refractivity contribution in [2.75, 3.05) is 11.9 Å². The van der Waals surface area contributed by atoms with Gasteiger partial charge in [0, 0.05) is 18.2 Å². The fourth-order valence-electron chi connectivity index (χ4n) is 2.40. The van der Waals surface area contributed by atoms with Gasteiger partial charge >= 0.3 is 12.2 Å². The fraction of sp³-hybridized carbons (Fsp3) is 0.500. The quantitative estimate of drug-likeness (QED) is 0.804. The molecule has 2 amide bonds. The number of amides is 2. The Bertz CT molecular complexity index is 488. The summed E-state index contributed by atoms with van der Waals surface area (Å²) >= 11 is 0. The number of halogens is 3. The zero-order valence-corrected chi connectivity index (χ0v) is 11.3. The molecule has 21 heavy (non-hydrogen) atoms. The highest BCUT2D eigenvalue weighted by atomic mass is 19.4. The Kier molecular flexibility index (Phi) is 4.72. The van der Waals surface area contributed by atoms with Gasteiger partial charge in [0.05, 0.1) is 11.7 Å². The van der Waals surface area contributed by atoms with Gasteiger partial charge in [-0.25, -0.2) is 4.79 Å². The lowest BCUT2D eigenvalue weighted by Crippen LogP contribution is -2.35. The molecule has 1 aromatic carbocycles. The molecule has 0 aliphatic heterocycles. The second-order valence-corrected chi connectivity index (χ2v) is 5.17. The number of carbonyl (C=O) groups is 1.